The van der Waals surface area contributed by atoms with E-state index in [-0.39, 0.29) is 12.1 Å². The molecular formula is C19H28N4O3. The lowest BCUT2D eigenvalue weighted by Crippen LogP contribution is -2.49. The third kappa shape index (κ3) is 4.26. The first kappa shape index (κ1) is 17.5. The standard InChI is InChI=1S/C19H28N4O3/c24-19(20-16-6-10-25-11-7-16)23-8-4-14(5-9-23)13-26-18-12-15-2-1-3-17(15)21-22-18/h12,14,16H,1-11,13H2,(H,20,24). The summed E-state index contributed by atoms with van der Waals surface area (Å²) in [7, 11) is 0. The lowest BCUT2D eigenvalue weighted by Gasteiger charge is -2.33. The molecule has 0 atom stereocenters. The van der Waals surface area contributed by atoms with E-state index in [1.165, 1.54) is 12.0 Å². The summed E-state index contributed by atoms with van der Waals surface area (Å²) in [6.07, 6.45) is 7.07. The van der Waals surface area contributed by atoms with Gasteiger partial charge in [0.25, 0.3) is 0 Å². The van der Waals surface area contributed by atoms with Crippen molar-refractivity contribution in [3.8, 4) is 5.88 Å². The predicted molar refractivity (Wildman–Crippen MR) is 96.2 cm³/mol. The van der Waals surface area contributed by atoms with Crippen molar-refractivity contribution in [3.05, 3.63) is 17.3 Å². The first-order valence-electron chi connectivity index (χ1n) is 9.89. The molecule has 1 N–H and O–H groups in total. The molecule has 142 valence electrons. The number of piperidine rings is 1. The molecule has 0 saturated carbocycles. The van der Waals surface area contributed by atoms with Crippen LogP contribution in [-0.4, -0.2) is 60.1 Å². The lowest BCUT2D eigenvalue weighted by molar-refractivity contribution is 0.0765. The van der Waals surface area contributed by atoms with E-state index in [1.54, 1.807) is 0 Å². The highest BCUT2D eigenvalue weighted by Crippen LogP contribution is 2.23. The van der Waals surface area contributed by atoms with Gasteiger partial charge in [-0.15, -0.1) is 5.10 Å². The molecule has 0 spiro atoms. The van der Waals surface area contributed by atoms with Crippen LogP contribution in [0.4, 0.5) is 4.79 Å². The van der Waals surface area contributed by atoms with Crippen LogP contribution in [0.1, 0.15) is 43.4 Å². The van der Waals surface area contributed by atoms with Crippen molar-refractivity contribution in [3.63, 3.8) is 0 Å². The number of ether oxygens (including phenoxy) is 2. The molecule has 26 heavy (non-hydrogen) atoms. The smallest absolute Gasteiger partial charge is 0.317 e. The number of aromatic nitrogens is 2. The second-order valence-electron chi connectivity index (χ2n) is 7.59. The first-order chi connectivity index (χ1) is 12.8. The third-order valence-electron chi connectivity index (χ3n) is 5.71. The SMILES string of the molecule is O=C(NC1CCOCC1)N1CCC(COc2cc3c(nn2)CCC3)CC1. The van der Waals surface area contributed by atoms with Gasteiger partial charge in [0, 0.05) is 38.4 Å². The topological polar surface area (TPSA) is 76.6 Å². The molecule has 2 saturated heterocycles. The van der Waals surface area contributed by atoms with E-state index >= 15 is 0 Å². The quantitative estimate of drug-likeness (QED) is 0.888. The Balaban J connectivity index is 1.19. The number of carbonyl (C=O) groups excluding carboxylic acids is 1. The highest BCUT2D eigenvalue weighted by molar-refractivity contribution is 5.74. The molecule has 0 aromatic carbocycles. The van der Waals surface area contributed by atoms with E-state index in [2.05, 4.69) is 15.5 Å². The summed E-state index contributed by atoms with van der Waals surface area (Å²) in [6.45, 7) is 3.73. The number of rotatable bonds is 4. The van der Waals surface area contributed by atoms with Gasteiger partial charge in [-0.3, -0.25) is 0 Å². The summed E-state index contributed by atoms with van der Waals surface area (Å²) < 4.78 is 11.2. The van der Waals surface area contributed by atoms with E-state index in [1.807, 2.05) is 11.0 Å². The Morgan fingerprint density at radius 2 is 2.00 bits per heavy atom. The van der Waals surface area contributed by atoms with E-state index < -0.39 is 0 Å². The minimum Gasteiger partial charge on any atom is -0.476 e. The van der Waals surface area contributed by atoms with Crippen LogP contribution < -0.4 is 10.1 Å². The van der Waals surface area contributed by atoms with Gasteiger partial charge in [-0.2, -0.15) is 5.10 Å². The van der Waals surface area contributed by atoms with Gasteiger partial charge < -0.3 is 19.7 Å². The van der Waals surface area contributed by atoms with Gasteiger partial charge in [0.2, 0.25) is 5.88 Å². The molecular weight excluding hydrogens is 332 g/mol. The molecule has 2 fully saturated rings. The van der Waals surface area contributed by atoms with Gasteiger partial charge in [0.15, 0.2) is 0 Å². The van der Waals surface area contributed by atoms with Crippen molar-refractivity contribution >= 4 is 6.03 Å². The molecule has 1 aliphatic carbocycles. The normalized spacial score (nSPS) is 21.5. The van der Waals surface area contributed by atoms with Gasteiger partial charge in [-0.1, -0.05) is 0 Å². The van der Waals surface area contributed by atoms with E-state index in [0.717, 1.165) is 70.5 Å². The summed E-state index contributed by atoms with van der Waals surface area (Å²) in [5.74, 6) is 1.11. The molecule has 1 aromatic heterocycles. The van der Waals surface area contributed by atoms with Crippen molar-refractivity contribution in [1.29, 1.82) is 0 Å². The average molecular weight is 360 g/mol. The molecule has 7 nitrogen and oxygen atoms in total. The van der Waals surface area contributed by atoms with Crippen molar-refractivity contribution in [2.75, 3.05) is 32.9 Å². The van der Waals surface area contributed by atoms with Crippen molar-refractivity contribution in [2.24, 2.45) is 5.92 Å². The number of hydrogen-bond donors (Lipinski definition) is 1. The van der Waals surface area contributed by atoms with Crippen molar-refractivity contribution in [1.82, 2.24) is 20.4 Å². The largest absolute Gasteiger partial charge is 0.476 e. The summed E-state index contributed by atoms with van der Waals surface area (Å²) in [5.41, 5.74) is 2.41. The number of fused-ring (bicyclic) bond motifs is 1. The number of carbonyl (C=O) groups is 1. The van der Waals surface area contributed by atoms with Gasteiger partial charge in [0.1, 0.15) is 0 Å². The summed E-state index contributed by atoms with van der Waals surface area (Å²) >= 11 is 0. The minimum absolute atomic E-state index is 0.0701. The molecule has 0 unspecified atom stereocenters. The van der Waals surface area contributed by atoms with Crippen LogP contribution in [0.5, 0.6) is 5.88 Å². The maximum absolute atomic E-state index is 12.4. The van der Waals surface area contributed by atoms with Gasteiger partial charge in [-0.05, 0) is 56.4 Å². The zero-order valence-corrected chi connectivity index (χ0v) is 15.3. The van der Waals surface area contributed by atoms with Gasteiger partial charge in [0.05, 0.1) is 12.3 Å². The fourth-order valence-corrected chi connectivity index (χ4v) is 3.99. The van der Waals surface area contributed by atoms with Crippen LogP contribution in [0.15, 0.2) is 6.07 Å². The fraction of sp³-hybridized carbons (Fsp3) is 0.737. The zero-order chi connectivity index (χ0) is 17.8. The molecule has 1 aromatic rings. The molecule has 7 heteroatoms. The van der Waals surface area contributed by atoms with Gasteiger partial charge >= 0.3 is 6.03 Å². The second kappa shape index (κ2) is 8.20. The summed E-state index contributed by atoms with van der Waals surface area (Å²) in [4.78, 5) is 14.3. The Kier molecular flexibility index (Phi) is 5.53. The average Bonchev–Trinajstić information content (AvgIpc) is 3.15. The summed E-state index contributed by atoms with van der Waals surface area (Å²) in [6, 6.07) is 2.38. The van der Waals surface area contributed by atoms with E-state index in [0.29, 0.717) is 18.4 Å². The number of urea groups is 1. The van der Waals surface area contributed by atoms with Gasteiger partial charge in [-0.25, -0.2) is 4.79 Å². The zero-order valence-electron chi connectivity index (χ0n) is 15.3. The third-order valence-corrected chi connectivity index (χ3v) is 5.71. The Bertz CT molecular complexity index is 625. The monoisotopic (exact) mass is 360 g/mol. The highest BCUT2D eigenvalue weighted by atomic mass is 16.5. The minimum atomic E-state index is 0.0701. The Labute approximate surface area is 154 Å². The van der Waals surface area contributed by atoms with Crippen LogP contribution in [0.3, 0.4) is 0 Å². The molecule has 0 radical (unpaired) electrons. The Hall–Kier alpha value is -1.89. The molecule has 2 amide bonds. The van der Waals surface area contributed by atoms with Crippen LogP contribution >= 0.6 is 0 Å². The maximum Gasteiger partial charge on any atom is 0.317 e. The van der Waals surface area contributed by atoms with Crippen molar-refractivity contribution in [2.45, 2.75) is 51.0 Å². The number of nitrogens with one attached hydrogen (secondary N) is 1. The molecule has 4 rings (SSSR count). The van der Waals surface area contributed by atoms with Crippen LogP contribution in [0.2, 0.25) is 0 Å². The molecule has 3 heterocycles. The molecule has 2 aliphatic heterocycles. The van der Waals surface area contributed by atoms with Crippen LogP contribution in [0.25, 0.3) is 0 Å². The van der Waals surface area contributed by atoms with Crippen LogP contribution in [0, 0.1) is 5.92 Å². The van der Waals surface area contributed by atoms with E-state index in [9.17, 15) is 4.79 Å². The molecule has 0 bridgehead atoms. The number of nitrogens with zero attached hydrogens (tertiary/aromatic N) is 3. The highest BCUT2D eigenvalue weighted by Gasteiger charge is 2.25. The number of hydrogen-bond acceptors (Lipinski definition) is 5. The van der Waals surface area contributed by atoms with Crippen molar-refractivity contribution < 1.29 is 14.3 Å². The summed E-state index contributed by atoms with van der Waals surface area (Å²) in [5, 5.41) is 11.6. The maximum atomic E-state index is 12.4. The van der Waals surface area contributed by atoms with E-state index in [4.69, 9.17) is 9.47 Å². The first-order valence-corrected chi connectivity index (χ1v) is 9.89. The number of aryl methyl sites for hydroxylation is 2. The second-order valence-corrected chi connectivity index (χ2v) is 7.59. The fourth-order valence-electron chi connectivity index (χ4n) is 3.99. The lowest BCUT2D eigenvalue weighted by atomic mass is 9.98. The molecule has 3 aliphatic rings. The Morgan fingerprint density at radius 1 is 1.19 bits per heavy atom. The Morgan fingerprint density at radius 3 is 2.81 bits per heavy atom. The predicted octanol–water partition coefficient (Wildman–Crippen LogP) is 1.94. The number of likely N-dealkylation sites (tertiary alicyclic amines) is 1. The van der Waals surface area contributed by atoms with Crippen LogP contribution in [-0.2, 0) is 17.6 Å². The number of amides is 2.